The summed E-state index contributed by atoms with van der Waals surface area (Å²) in [6.07, 6.45) is 4.20. The third kappa shape index (κ3) is 4.89. The molecule has 0 radical (unpaired) electrons. The molecule has 2 unspecified atom stereocenters. The predicted octanol–water partition coefficient (Wildman–Crippen LogP) is 1.56. The minimum Gasteiger partial charge on any atom is -0.381 e. The highest BCUT2D eigenvalue weighted by Gasteiger charge is 2.31. The van der Waals surface area contributed by atoms with Crippen LogP contribution in [-0.2, 0) is 32.9 Å². The Labute approximate surface area is 195 Å². The number of morpholine rings is 1. The number of nitrogens with zero attached hydrogens (tertiary/aromatic N) is 2. The Kier molecular flexibility index (Phi) is 7.13. The number of amides is 1. The first-order chi connectivity index (χ1) is 15.7. The minimum atomic E-state index is -0.0402. The maximum absolute atomic E-state index is 12.6. The largest absolute Gasteiger partial charge is 0.381 e. The van der Waals surface area contributed by atoms with Gasteiger partial charge in [0.05, 0.1) is 36.7 Å². The molecule has 2 aromatic heterocycles. The predicted molar refractivity (Wildman–Crippen MR) is 127 cm³/mol. The van der Waals surface area contributed by atoms with E-state index in [0.29, 0.717) is 29.8 Å². The van der Waals surface area contributed by atoms with E-state index in [1.54, 1.807) is 11.3 Å². The molecule has 5 rings (SSSR count). The normalized spacial score (nSPS) is 22.3. The molecule has 0 saturated carbocycles. The van der Waals surface area contributed by atoms with Crippen molar-refractivity contribution >= 4 is 39.2 Å². The SMILES string of the molecule is O=C(CSCc1nc2sc3c(c2c(=O)[nH]1)CCC3)NCC(C1CCOC1)N1CCOCC1. The molecule has 1 amide bonds. The minimum absolute atomic E-state index is 0.0192. The molecule has 32 heavy (non-hydrogen) atoms. The monoisotopic (exact) mass is 478 g/mol. The van der Waals surface area contributed by atoms with Crippen molar-refractivity contribution in [1.29, 1.82) is 0 Å². The Hall–Kier alpha value is -1.46. The number of fused-ring (bicyclic) bond motifs is 3. The lowest BCUT2D eigenvalue weighted by Crippen LogP contribution is -2.52. The molecule has 2 saturated heterocycles. The number of carbonyl (C=O) groups is 1. The second-order valence-corrected chi connectivity index (χ2v) is 10.8. The van der Waals surface area contributed by atoms with Crippen LogP contribution in [-0.4, -0.2) is 78.6 Å². The van der Waals surface area contributed by atoms with Gasteiger partial charge in [0, 0.05) is 43.1 Å². The van der Waals surface area contributed by atoms with Crippen LogP contribution in [0, 0.1) is 5.92 Å². The van der Waals surface area contributed by atoms with E-state index in [1.807, 2.05) is 0 Å². The number of hydrogen-bond donors (Lipinski definition) is 2. The number of thioether (sulfide) groups is 1. The first kappa shape index (κ1) is 22.3. The Morgan fingerprint density at radius 1 is 1.28 bits per heavy atom. The Balaban J connectivity index is 1.13. The van der Waals surface area contributed by atoms with Crippen LogP contribution >= 0.6 is 23.1 Å². The summed E-state index contributed by atoms with van der Waals surface area (Å²) in [5.74, 6) is 1.99. The van der Waals surface area contributed by atoms with E-state index in [-0.39, 0.29) is 17.5 Å². The molecule has 2 aliphatic heterocycles. The van der Waals surface area contributed by atoms with E-state index in [1.165, 1.54) is 22.2 Å². The number of H-pyrrole nitrogens is 1. The molecule has 2 aromatic rings. The van der Waals surface area contributed by atoms with Crippen molar-refractivity contribution < 1.29 is 14.3 Å². The molecular formula is C22H30N4O4S2. The summed E-state index contributed by atoms with van der Waals surface area (Å²) in [5, 5.41) is 3.90. The van der Waals surface area contributed by atoms with Gasteiger partial charge in [-0.15, -0.1) is 23.1 Å². The number of nitrogens with one attached hydrogen (secondary N) is 2. The van der Waals surface area contributed by atoms with Crippen molar-refractivity contribution in [1.82, 2.24) is 20.2 Å². The molecule has 2 atom stereocenters. The summed E-state index contributed by atoms with van der Waals surface area (Å²) in [7, 11) is 0. The van der Waals surface area contributed by atoms with Gasteiger partial charge in [-0.1, -0.05) is 0 Å². The van der Waals surface area contributed by atoms with Gasteiger partial charge in [0.2, 0.25) is 5.91 Å². The van der Waals surface area contributed by atoms with Gasteiger partial charge < -0.3 is 19.8 Å². The van der Waals surface area contributed by atoms with Crippen molar-refractivity contribution in [3.63, 3.8) is 0 Å². The quantitative estimate of drug-likeness (QED) is 0.594. The van der Waals surface area contributed by atoms with E-state index < -0.39 is 0 Å². The zero-order valence-corrected chi connectivity index (χ0v) is 19.8. The fourth-order valence-corrected chi connectivity index (χ4v) is 6.98. The number of carbonyl (C=O) groups excluding carboxylic acids is 1. The van der Waals surface area contributed by atoms with Crippen LogP contribution in [0.5, 0.6) is 0 Å². The van der Waals surface area contributed by atoms with Gasteiger partial charge in [0.1, 0.15) is 10.7 Å². The summed E-state index contributed by atoms with van der Waals surface area (Å²) in [5.41, 5.74) is 1.15. The molecule has 10 heteroatoms. The maximum atomic E-state index is 12.6. The third-order valence-corrected chi connectivity index (χ3v) is 8.76. The molecule has 2 N–H and O–H groups in total. The Morgan fingerprint density at radius 2 is 2.16 bits per heavy atom. The van der Waals surface area contributed by atoms with E-state index in [0.717, 1.165) is 75.4 Å². The summed E-state index contributed by atoms with van der Waals surface area (Å²) in [4.78, 5) is 37.2. The van der Waals surface area contributed by atoms with Crippen LogP contribution in [0.4, 0.5) is 0 Å². The van der Waals surface area contributed by atoms with Crippen LogP contribution in [0.3, 0.4) is 0 Å². The van der Waals surface area contributed by atoms with E-state index >= 15 is 0 Å². The lowest BCUT2D eigenvalue weighted by Gasteiger charge is -2.37. The van der Waals surface area contributed by atoms with Gasteiger partial charge >= 0.3 is 0 Å². The zero-order chi connectivity index (χ0) is 21.9. The standard InChI is InChI=1S/C22H30N4O4S2/c27-19(23-10-16(14-4-7-30-11-14)26-5-8-29-9-6-26)13-31-12-18-24-21(28)20-15-2-1-3-17(15)32-22(20)25-18/h14,16H,1-13H2,(H,23,27)(H,24,25,28). The molecule has 3 aliphatic rings. The molecule has 0 bridgehead atoms. The van der Waals surface area contributed by atoms with Gasteiger partial charge in [-0.2, -0.15) is 0 Å². The van der Waals surface area contributed by atoms with Crippen molar-refractivity contribution in [3.05, 3.63) is 26.6 Å². The lowest BCUT2D eigenvalue weighted by molar-refractivity contribution is -0.119. The van der Waals surface area contributed by atoms with Crippen LogP contribution in [0.25, 0.3) is 10.2 Å². The zero-order valence-electron chi connectivity index (χ0n) is 18.2. The van der Waals surface area contributed by atoms with Crippen molar-refractivity contribution in [2.24, 2.45) is 5.92 Å². The molecule has 8 nitrogen and oxygen atoms in total. The molecular weight excluding hydrogens is 448 g/mol. The highest BCUT2D eigenvalue weighted by molar-refractivity contribution is 7.99. The third-order valence-electron chi connectivity index (χ3n) is 6.63. The van der Waals surface area contributed by atoms with Crippen molar-refractivity contribution in [2.75, 3.05) is 51.8 Å². The van der Waals surface area contributed by atoms with E-state index in [2.05, 4.69) is 20.2 Å². The molecule has 0 aromatic carbocycles. The molecule has 174 valence electrons. The van der Waals surface area contributed by atoms with Gasteiger partial charge in [-0.25, -0.2) is 4.98 Å². The Bertz CT molecular complexity index is 1010. The van der Waals surface area contributed by atoms with Gasteiger partial charge in [-0.3, -0.25) is 14.5 Å². The Morgan fingerprint density at radius 3 is 2.97 bits per heavy atom. The smallest absolute Gasteiger partial charge is 0.259 e. The summed E-state index contributed by atoms with van der Waals surface area (Å²) in [6, 6.07) is 0.288. The van der Waals surface area contributed by atoms with E-state index in [4.69, 9.17) is 9.47 Å². The maximum Gasteiger partial charge on any atom is 0.259 e. The van der Waals surface area contributed by atoms with Crippen LogP contribution in [0.2, 0.25) is 0 Å². The summed E-state index contributed by atoms with van der Waals surface area (Å²) >= 11 is 3.13. The number of aromatic nitrogens is 2. The number of rotatable bonds is 8. The van der Waals surface area contributed by atoms with Crippen LogP contribution in [0.1, 0.15) is 29.1 Å². The fraction of sp³-hybridized carbons (Fsp3) is 0.682. The second kappa shape index (κ2) is 10.2. The second-order valence-electron chi connectivity index (χ2n) is 8.69. The van der Waals surface area contributed by atoms with E-state index in [9.17, 15) is 9.59 Å². The average molecular weight is 479 g/mol. The molecule has 4 heterocycles. The first-order valence-corrected chi connectivity index (χ1v) is 13.4. The highest BCUT2D eigenvalue weighted by Crippen LogP contribution is 2.34. The fourth-order valence-electron chi connectivity index (χ4n) is 4.98. The lowest BCUT2D eigenvalue weighted by atomic mass is 9.97. The number of aromatic amines is 1. The summed E-state index contributed by atoms with van der Waals surface area (Å²) < 4.78 is 11.1. The number of aryl methyl sites for hydroxylation is 2. The van der Waals surface area contributed by atoms with Gasteiger partial charge in [-0.05, 0) is 31.2 Å². The number of hydrogen-bond acceptors (Lipinski definition) is 8. The molecule has 2 fully saturated rings. The summed E-state index contributed by atoms with van der Waals surface area (Å²) in [6.45, 7) is 5.50. The number of ether oxygens (including phenoxy) is 2. The van der Waals surface area contributed by atoms with Crippen LogP contribution < -0.4 is 10.9 Å². The number of thiophene rings is 1. The average Bonchev–Trinajstić information content (AvgIpc) is 3.52. The highest BCUT2D eigenvalue weighted by atomic mass is 32.2. The van der Waals surface area contributed by atoms with Crippen molar-refractivity contribution in [2.45, 2.75) is 37.5 Å². The molecule has 1 aliphatic carbocycles. The topological polar surface area (TPSA) is 96.5 Å². The first-order valence-electron chi connectivity index (χ1n) is 11.5. The van der Waals surface area contributed by atoms with Gasteiger partial charge in [0.25, 0.3) is 5.56 Å². The molecule has 0 spiro atoms. The van der Waals surface area contributed by atoms with Crippen molar-refractivity contribution in [3.8, 4) is 0 Å². The van der Waals surface area contributed by atoms with Crippen LogP contribution in [0.15, 0.2) is 4.79 Å². The van der Waals surface area contributed by atoms with Gasteiger partial charge in [0.15, 0.2) is 0 Å².